The van der Waals surface area contributed by atoms with Crippen LogP contribution in [0.2, 0.25) is 0 Å². The van der Waals surface area contributed by atoms with Crippen molar-refractivity contribution in [3.63, 3.8) is 0 Å². The highest BCUT2D eigenvalue weighted by Gasteiger charge is 2.27. The molecular formula is C14H19N3O. The largest absolute Gasteiger partial charge is 0.459 e. The van der Waals surface area contributed by atoms with Crippen molar-refractivity contribution in [2.75, 3.05) is 0 Å². The summed E-state index contributed by atoms with van der Waals surface area (Å²) in [5.41, 5.74) is 7.50. The lowest BCUT2D eigenvalue weighted by Gasteiger charge is -2.14. The molecule has 1 aliphatic rings. The predicted molar refractivity (Wildman–Crippen MR) is 71.9 cm³/mol. The number of fused-ring (bicyclic) bond motifs is 1. The van der Waals surface area contributed by atoms with Crippen LogP contribution in [0.15, 0.2) is 34.7 Å². The Morgan fingerprint density at radius 1 is 1.28 bits per heavy atom. The van der Waals surface area contributed by atoms with Gasteiger partial charge in [-0.3, -0.25) is 5.32 Å². The number of nitrogens with one attached hydrogen (secondary N) is 3. The number of hydrogen-bond acceptors (Lipinski definition) is 4. The lowest BCUT2D eigenvalue weighted by molar-refractivity contribution is 0.421. The van der Waals surface area contributed by atoms with Crippen molar-refractivity contribution in [2.45, 2.75) is 38.5 Å². The summed E-state index contributed by atoms with van der Waals surface area (Å²) < 4.78 is 5.87. The normalized spacial score (nSPS) is 24.2. The molecule has 3 N–H and O–H groups in total. The Labute approximate surface area is 107 Å². The van der Waals surface area contributed by atoms with Crippen molar-refractivity contribution < 1.29 is 4.42 Å². The summed E-state index contributed by atoms with van der Waals surface area (Å²) in [5.74, 6) is 0.997. The van der Waals surface area contributed by atoms with Crippen LogP contribution in [0.4, 0.5) is 0 Å². The molecule has 4 nitrogen and oxygen atoms in total. The van der Waals surface area contributed by atoms with E-state index in [9.17, 15) is 0 Å². The summed E-state index contributed by atoms with van der Waals surface area (Å²) in [6, 6.07) is 10.9. The first-order valence-electron chi connectivity index (χ1n) is 6.48. The van der Waals surface area contributed by atoms with E-state index in [4.69, 9.17) is 4.42 Å². The van der Waals surface area contributed by atoms with Gasteiger partial charge in [0.2, 0.25) is 0 Å². The van der Waals surface area contributed by atoms with Crippen molar-refractivity contribution in [3.8, 4) is 0 Å². The fraction of sp³-hybridized carbons (Fsp3) is 0.429. The van der Waals surface area contributed by atoms with Gasteiger partial charge in [0.1, 0.15) is 11.3 Å². The summed E-state index contributed by atoms with van der Waals surface area (Å²) in [6.45, 7) is 4.30. The molecule has 18 heavy (non-hydrogen) atoms. The number of hydrazine groups is 1. The predicted octanol–water partition coefficient (Wildman–Crippen LogP) is 2.30. The van der Waals surface area contributed by atoms with Gasteiger partial charge in [0.25, 0.3) is 0 Å². The zero-order chi connectivity index (χ0) is 12.5. The van der Waals surface area contributed by atoms with Crippen LogP contribution in [0.25, 0.3) is 11.0 Å². The molecular weight excluding hydrogens is 226 g/mol. The van der Waals surface area contributed by atoms with E-state index in [-0.39, 0.29) is 6.04 Å². The van der Waals surface area contributed by atoms with Gasteiger partial charge in [0.15, 0.2) is 0 Å². The first-order chi connectivity index (χ1) is 8.72. The molecule has 3 rings (SSSR count). The van der Waals surface area contributed by atoms with E-state index >= 15 is 0 Å². The number of benzene rings is 1. The summed E-state index contributed by atoms with van der Waals surface area (Å²) in [5, 5.41) is 4.62. The fourth-order valence-electron chi connectivity index (χ4n) is 2.43. The molecule has 0 aliphatic carbocycles. The topological polar surface area (TPSA) is 49.2 Å². The molecule has 0 bridgehead atoms. The van der Waals surface area contributed by atoms with Gasteiger partial charge in [-0.2, -0.15) is 0 Å². The van der Waals surface area contributed by atoms with Crippen LogP contribution in [0.1, 0.15) is 32.1 Å². The SMILES string of the molecule is CC(C)NC1CC(c2cc3ccccc3o2)NN1. The average Bonchev–Trinajstić information content (AvgIpc) is 2.93. The fourth-order valence-corrected chi connectivity index (χ4v) is 2.43. The maximum absolute atomic E-state index is 5.87. The second-order valence-electron chi connectivity index (χ2n) is 5.14. The van der Waals surface area contributed by atoms with E-state index in [0.717, 1.165) is 23.2 Å². The van der Waals surface area contributed by atoms with E-state index < -0.39 is 0 Å². The minimum Gasteiger partial charge on any atom is -0.459 e. The zero-order valence-corrected chi connectivity index (χ0v) is 10.7. The van der Waals surface area contributed by atoms with Gasteiger partial charge >= 0.3 is 0 Å². The molecule has 1 aliphatic heterocycles. The number of hydrogen-bond donors (Lipinski definition) is 3. The molecule has 4 heteroatoms. The van der Waals surface area contributed by atoms with Crippen molar-refractivity contribution in [1.82, 2.24) is 16.2 Å². The Kier molecular flexibility index (Phi) is 3.07. The van der Waals surface area contributed by atoms with Gasteiger partial charge in [-0.15, -0.1) is 0 Å². The lowest BCUT2D eigenvalue weighted by Crippen LogP contribution is -2.44. The molecule has 0 saturated carbocycles. The molecule has 2 atom stereocenters. The van der Waals surface area contributed by atoms with Crippen LogP contribution in [0.3, 0.4) is 0 Å². The van der Waals surface area contributed by atoms with Crippen LogP contribution < -0.4 is 16.2 Å². The van der Waals surface area contributed by atoms with Crippen LogP contribution in [0, 0.1) is 0 Å². The minimum absolute atomic E-state index is 0.230. The smallest absolute Gasteiger partial charge is 0.134 e. The lowest BCUT2D eigenvalue weighted by atomic mass is 10.1. The molecule has 0 spiro atoms. The van der Waals surface area contributed by atoms with Crippen molar-refractivity contribution >= 4 is 11.0 Å². The maximum Gasteiger partial charge on any atom is 0.134 e. The standard InChI is InChI=1S/C14H19N3O/c1-9(2)15-14-8-11(16-17-14)13-7-10-5-3-4-6-12(10)18-13/h3-7,9,11,14-17H,8H2,1-2H3. The molecule has 2 heterocycles. The van der Waals surface area contributed by atoms with Gasteiger partial charge in [0, 0.05) is 17.8 Å². The maximum atomic E-state index is 5.87. The Morgan fingerprint density at radius 2 is 2.11 bits per heavy atom. The Balaban J connectivity index is 1.75. The number of furan rings is 1. The molecule has 2 aromatic rings. The zero-order valence-electron chi connectivity index (χ0n) is 10.7. The summed E-state index contributed by atoms with van der Waals surface area (Å²) >= 11 is 0. The molecule has 1 fully saturated rings. The summed E-state index contributed by atoms with van der Waals surface area (Å²) in [4.78, 5) is 0. The quantitative estimate of drug-likeness (QED) is 0.776. The van der Waals surface area contributed by atoms with Crippen molar-refractivity contribution in [2.24, 2.45) is 0 Å². The van der Waals surface area contributed by atoms with Gasteiger partial charge in [-0.05, 0) is 26.0 Å². The third-order valence-corrected chi connectivity index (χ3v) is 3.23. The molecule has 2 unspecified atom stereocenters. The van der Waals surface area contributed by atoms with E-state index in [1.165, 1.54) is 0 Å². The molecule has 1 saturated heterocycles. The van der Waals surface area contributed by atoms with Gasteiger partial charge in [0.05, 0.1) is 12.2 Å². The van der Waals surface area contributed by atoms with Gasteiger partial charge < -0.3 is 4.42 Å². The number of rotatable bonds is 3. The van der Waals surface area contributed by atoms with Crippen molar-refractivity contribution in [3.05, 3.63) is 36.1 Å². The summed E-state index contributed by atoms with van der Waals surface area (Å²) in [7, 11) is 0. The van der Waals surface area contributed by atoms with Crippen molar-refractivity contribution in [1.29, 1.82) is 0 Å². The molecule has 0 radical (unpaired) electrons. The third-order valence-electron chi connectivity index (χ3n) is 3.23. The Bertz CT molecular complexity index is 502. The number of para-hydroxylation sites is 1. The van der Waals surface area contributed by atoms with E-state index in [1.807, 2.05) is 18.2 Å². The molecule has 0 amide bonds. The van der Waals surface area contributed by atoms with E-state index in [1.54, 1.807) is 0 Å². The van der Waals surface area contributed by atoms with Crippen LogP contribution in [-0.2, 0) is 0 Å². The molecule has 1 aromatic carbocycles. The first kappa shape index (κ1) is 11.7. The van der Waals surface area contributed by atoms with Gasteiger partial charge in [-0.25, -0.2) is 10.9 Å². The monoisotopic (exact) mass is 245 g/mol. The highest BCUT2D eigenvalue weighted by molar-refractivity contribution is 5.77. The Morgan fingerprint density at radius 3 is 2.89 bits per heavy atom. The van der Waals surface area contributed by atoms with Crippen LogP contribution >= 0.6 is 0 Å². The highest BCUT2D eigenvalue weighted by atomic mass is 16.3. The molecule has 96 valence electrons. The minimum atomic E-state index is 0.230. The van der Waals surface area contributed by atoms with E-state index in [0.29, 0.717) is 12.2 Å². The molecule has 1 aromatic heterocycles. The third kappa shape index (κ3) is 2.27. The Hall–Kier alpha value is -1.36. The highest BCUT2D eigenvalue weighted by Crippen LogP contribution is 2.27. The second kappa shape index (κ2) is 4.72. The average molecular weight is 245 g/mol. The van der Waals surface area contributed by atoms with E-state index in [2.05, 4.69) is 42.1 Å². The van der Waals surface area contributed by atoms with Gasteiger partial charge in [-0.1, -0.05) is 18.2 Å². The summed E-state index contributed by atoms with van der Waals surface area (Å²) in [6.07, 6.45) is 1.28. The van der Waals surface area contributed by atoms with Crippen LogP contribution in [0.5, 0.6) is 0 Å². The second-order valence-corrected chi connectivity index (χ2v) is 5.14. The van der Waals surface area contributed by atoms with Crippen LogP contribution in [-0.4, -0.2) is 12.2 Å². The first-order valence-corrected chi connectivity index (χ1v) is 6.48.